The molecule has 0 radical (unpaired) electrons. The second-order valence-electron chi connectivity index (χ2n) is 9.09. The first kappa shape index (κ1) is 38.9. The number of hydrogen-bond acceptors (Lipinski definition) is 14. The van der Waals surface area contributed by atoms with Crippen LogP contribution in [0.5, 0.6) is 0 Å². The van der Waals surface area contributed by atoms with Gasteiger partial charge < -0.3 is 49.1 Å². The minimum absolute atomic E-state index is 0.00143. The van der Waals surface area contributed by atoms with Crippen LogP contribution >= 0.6 is 34.8 Å². The highest BCUT2D eigenvalue weighted by atomic mass is 35.6. The van der Waals surface area contributed by atoms with E-state index in [4.69, 9.17) is 68.0 Å². The van der Waals surface area contributed by atoms with E-state index in [1.807, 2.05) is 0 Å². The lowest BCUT2D eigenvalue weighted by Crippen LogP contribution is -2.69. The quantitative estimate of drug-likeness (QED) is 0.0929. The largest absolute Gasteiger partial charge is 0.463 e. The maximum absolute atomic E-state index is 13.2. The zero-order valence-corrected chi connectivity index (χ0v) is 26.6. The Morgan fingerprint density at radius 2 is 1.43 bits per heavy atom. The molecular formula is C24H34Cl3N3O14. The van der Waals surface area contributed by atoms with Crippen LogP contribution in [0.1, 0.15) is 34.1 Å². The highest BCUT2D eigenvalue weighted by Crippen LogP contribution is 2.27. The number of alkyl carbamates (subject to hydrolysis) is 1. The van der Waals surface area contributed by atoms with Gasteiger partial charge in [-0.25, -0.2) is 9.59 Å². The summed E-state index contributed by atoms with van der Waals surface area (Å²) in [7, 11) is 1.35. The van der Waals surface area contributed by atoms with Crippen LogP contribution in [-0.4, -0.2) is 116 Å². The molecule has 6 atom stereocenters. The van der Waals surface area contributed by atoms with Crippen LogP contribution in [0.2, 0.25) is 0 Å². The van der Waals surface area contributed by atoms with Crippen molar-refractivity contribution in [1.82, 2.24) is 16.0 Å². The average molecular weight is 695 g/mol. The number of carbonyl (C=O) groups is 7. The molecule has 0 aliphatic carbocycles. The molecule has 1 saturated heterocycles. The van der Waals surface area contributed by atoms with E-state index in [1.165, 1.54) is 7.11 Å². The Hall–Kier alpha value is -3.12. The second kappa shape index (κ2) is 18.6. The molecule has 1 fully saturated rings. The summed E-state index contributed by atoms with van der Waals surface area (Å²) in [4.78, 5) is 85.5. The summed E-state index contributed by atoms with van der Waals surface area (Å²) < 4.78 is 34.1. The Bertz CT molecular complexity index is 1060. The molecule has 0 unspecified atom stereocenters. The van der Waals surface area contributed by atoms with Crippen molar-refractivity contribution in [2.24, 2.45) is 0 Å². The lowest BCUT2D eigenvalue weighted by Gasteiger charge is -2.45. The highest BCUT2D eigenvalue weighted by molar-refractivity contribution is 6.67. The summed E-state index contributed by atoms with van der Waals surface area (Å²) in [5.74, 6) is -5.09. The number of halogens is 3. The smallest absolute Gasteiger partial charge is 0.408 e. The summed E-state index contributed by atoms with van der Waals surface area (Å²) >= 11 is 16.7. The van der Waals surface area contributed by atoms with Gasteiger partial charge in [0.05, 0.1) is 13.0 Å². The molecule has 1 heterocycles. The van der Waals surface area contributed by atoms with Gasteiger partial charge in [-0.05, 0) is 0 Å². The number of carbonyl (C=O) groups excluding carboxylic acids is 7. The summed E-state index contributed by atoms with van der Waals surface area (Å²) in [5, 5.41) is 7.01. The average Bonchev–Trinajstić information content (AvgIpc) is 2.88. The number of rotatable bonds is 14. The van der Waals surface area contributed by atoms with Gasteiger partial charge >= 0.3 is 30.0 Å². The Balaban J connectivity index is 3.31. The molecule has 0 spiro atoms. The number of ether oxygens (including phenoxy) is 7. The Morgan fingerprint density at radius 3 is 1.95 bits per heavy atom. The predicted octanol–water partition coefficient (Wildman–Crippen LogP) is -0.197. The van der Waals surface area contributed by atoms with Crippen molar-refractivity contribution in [3.05, 3.63) is 0 Å². The minimum Gasteiger partial charge on any atom is -0.463 e. The third-order valence-corrected chi connectivity index (χ3v) is 5.61. The minimum atomic E-state index is -1.97. The van der Waals surface area contributed by atoms with E-state index in [9.17, 15) is 33.6 Å². The van der Waals surface area contributed by atoms with E-state index in [1.54, 1.807) is 0 Å². The maximum Gasteiger partial charge on any atom is 0.408 e. The summed E-state index contributed by atoms with van der Waals surface area (Å²) in [6.45, 7) is 2.89. The first-order valence-electron chi connectivity index (χ1n) is 12.8. The molecule has 17 nitrogen and oxygen atoms in total. The maximum atomic E-state index is 13.2. The van der Waals surface area contributed by atoms with Crippen LogP contribution in [-0.2, 0) is 61.9 Å². The molecule has 3 amide bonds. The topological polar surface area (TPSA) is 220 Å². The number of alkyl halides is 3. The van der Waals surface area contributed by atoms with E-state index in [2.05, 4.69) is 16.0 Å². The molecule has 1 rings (SSSR count). The van der Waals surface area contributed by atoms with Gasteiger partial charge in [0, 0.05) is 34.8 Å². The fourth-order valence-electron chi connectivity index (χ4n) is 3.71. The van der Waals surface area contributed by atoms with Crippen LogP contribution in [0.25, 0.3) is 0 Å². The van der Waals surface area contributed by atoms with Crippen molar-refractivity contribution >= 4 is 76.6 Å². The molecule has 20 heteroatoms. The van der Waals surface area contributed by atoms with Crippen LogP contribution in [0.15, 0.2) is 0 Å². The van der Waals surface area contributed by atoms with E-state index >= 15 is 0 Å². The third kappa shape index (κ3) is 15.1. The monoisotopic (exact) mass is 693 g/mol. The molecule has 1 aliphatic heterocycles. The van der Waals surface area contributed by atoms with Crippen molar-refractivity contribution in [3.63, 3.8) is 0 Å². The fraction of sp³-hybridized carbons (Fsp3) is 0.708. The molecule has 0 aromatic carbocycles. The van der Waals surface area contributed by atoms with Crippen LogP contribution in [0, 0.1) is 0 Å². The van der Waals surface area contributed by atoms with Gasteiger partial charge in [0.1, 0.15) is 38.0 Å². The van der Waals surface area contributed by atoms with Crippen LogP contribution < -0.4 is 16.0 Å². The molecule has 0 saturated carbocycles. The molecule has 44 heavy (non-hydrogen) atoms. The molecule has 0 aromatic rings. The zero-order chi connectivity index (χ0) is 33.6. The molecular weight excluding hydrogens is 661 g/mol. The second-order valence-corrected chi connectivity index (χ2v) is 11.6. The van der Waals surface area contributed by atoms with E-state index < -0.39 is 102 Å². The van der Waals surface area contributed by atoms with Crippen molar-refractivity contribution in [2.45, 2.75) is 74.5 Å². The van der Waals surface area contributed by atoms with Gasteiger partial charge in [-0.2, -0.15) is 0 Å². The van der Waals surface area contributed by atoms with Crippen molar-refractivity contribution < 1.29 is 66.7 Å². The molecule has 0 bridgehead atoms. The van der Waals surface area contributed by atoms with Gasteiger partial charge in [0.2, 0.25) is 15.6 Å². The normalized spacial score (nSPS) is 22.0. The lowest BCUT2D eigenvalue weighted by molar-refractivity contribution is -0.228. The first-order chi connectivity index (χ1) is 20.4. The van der Waals surface area contributed by atoms with Gasteiger partial charge in [-0.15, -0.1) is 0 Å². The molecule has 0 aromatic heterocycles. The highest BCUT2D eigenvalue weighted by Gasteiger charge is 2.51. The number of methoxy groups -OCH3 is 1. The Morgan fingerprint density at radius 1 is 0.818 bits per heavy atom. The van der Waals surface area contributed by atoms with Gasteiger partial charge in [0.25, 0.3) is 0 Å². The SMILES string of the molecule is COCCOC(=O)[C@H](CC(=O)N[C@@H]1O[C@H](COC(C)=O)[C@@H](OC(C)=O)[C@H](OC(C)=O)[C@H]1NC(C)=O)NC(=O)OCC(Cl)(Cl)Cl. The predicted molar refractivity (Wildman–Crippen MR) is 148 cm³/mol. The fourth-order valence-corrected chi connectivity index (χ4v) is 3.87. The summed E-state index contributed by atoms with van der Waals surface area (Å²) in [5.41, 5.74) is 0. The van der Waals surface area contributed by atoms with Gasteiger partial charge in [-0.3, -0.25) is 24.0 Å². The van der Waals surface area contributed by atoms with Gasteiger partial charge in [0.15, 0.2) is 18.4 Å². The lowest BCUT2D eigenvalue weighted by atomic mass is 9.95. The molecule has 1 aliphatic rings. The number of esters is 4. The van der Waals surface area contributed by atoms with Crippen LogP contribution in [0.3, 0.4) is 0 Å². The number of hydrogen-bond donors (Lipinski definition) is 3. The Labute approximate surface area is 267 Å². The molecule has 250 valence electrons. The molecule has 3 N–H and O–H groups in total. The summed E-state index contributed by atoms with van der Waals surface area (Å²) in [6, 6.07) is -3.01. The Kier molecular flexibility index (Phi) is 16.5. The van der Waals surface area contributed by atoms with E-state index in [-0.39, 0.29) is 13.2 Å². The number of amides is 3. The van der Waals surface area contributed by atoms with Crippen molar-refractivity contribution in [1.29, 1.82) is 0 Å². The van der Waals surface area contributed by atoms with E-state index in [0.717, 1.165) is 27.7 Å². The first-order valence-corrected chi connectivity index (χ1v) is 13.9. The van der Waals surface area contributed by atoms with E-state index in [0.29, 0.717) is 0 Å². The zero-order valence-electron chi connectivity index (χ0n) is 24.3. The third-order valence-electron chi connectivity index (χ3n) is 5.28. The number of nitrogens with one attached hydrogen (secondary N) is 3. The van der Waals surface area contributed by atoms with Crippen LogP contribution in [0.4, 0.5) is 4.79 Å². The van der Waals surface area contributed by atoms with Gasteiger partial charge in [-0.1, -0.05) is 34.8 Å². The standard InChI is InChI=1S/C24H34Cl3N3O14/c1-11(31)28-18-20(43-14(4)34)19(42-13(3)33)16(9-40-12(2)32)44-21(18)30-17(35)8-15(22(36)39-7-6-38-5)29-23(37)41-10-24(25,26)27/h15-16,18-21H,6-10H2,1-5H3,(H,28,31)(H,29,37)(H,30,35)/t15-,16+,18+,19+,20+,21+/m0/s1. The summed E-state index contributed by atoms with van der Waals surface area (Å²) in [6.07, 6.45) is -7.70. The van der Waals surface area contributed by atoms with Crippen molar-refractivity contribution in [2.75, 3.05) is 33.5 Å². The van der Waals surface area contributed by atoms with Crippen molar-refractivity contribution in [3.8, 4) is 0 Å².